The second kappa shape index (κ2) is 11.1. The van der Waals surface area contributed by atoms with Crippen molar-refractivity contribution in [3.05, 3.63) is 72.6 Å². The van der Waals surface area contributed by atoms with Gasteiger partial charge >= 0.3 is 6.18 Å². The number of benzene rings is 2. The Hall–Kier alpha value is -1.12. The molecule has 1 unspecified atom stereocenters. The van der Waals surface area contributed by atoms with Gasteiger partial charge in [0, 0.05) is 10.0 Å². The summed E-state index contributed by atoms with van der Waals surface area (Å²) >= 11 is 26.0. The molecule has 31 heavy (non-hydrogen) atoms. The maximum Gasteiger partial charge on any atom is 0.399 e. The van der Waals surface area contributed by atoms with Gasteiger partial charge in [0.05, 0.1) is 32.5 Å². The molecule has 10 heteroatoms. The highest BCUT2D eigenvalue weighted by Crippen LogP contribution is 2.41. The van der Waals surface area contributed by atoms with Gasteiger partial charge in [-0.15, -0.1) is 0 Å². The molecule has 0 aliphatic rings. The predicted molar refractivity (Wildman–Crippen MR) is 129 cm³/mol. The molecule has 0 radical (unpaired) electrons. The summed E-state index contributed by atoms with van der Waals surface area (Å²) in [6.45, 7) is 1.91. The number of ketones is 1. The minimum Gasteiger partial charge on any atom is -0.372 e. The molecule has 2 aromatic rings. The molecule has 0 bridgehead atoms. The normalized spacial score (nSPS) is 12.8. The van der Waals surface area contributed by atoms with Crippen LogP contribution in [-0.2, 0) is 0 Å². The van der Waals surface area contributed by atoms with E-state index in [-0.39, 0.29) is 33.0 Å². The fraction of sp³-hybridized carbons (Fsp3) is 0.238. The van der Waals surface area contributed by atoms with Crippen molar-refractivity contribution >= 4 is 79.8 Å². The SMILES string of the molecule is CCC(=S)NCC(=O)c1ccc(/C=C/C(c2cc(Cl)c(Cl)c(Cl)c2)C(F)(F)F)cc1Br. The van der Waals surface area contributed by atoms with Crippen LogP contribution in [-0.4, -0.2) is 23.5 Å². The molecule has 0 fully saturated rings. The van der Waals surface area contributed by atoms with Crippen LogP contribution in [0.5, 0.6) is 0 Å². The zero-order valence-electron chi connectivity index (χ0n) is 16.0. The van der Waals surface area contributed by atoms with E-state index in [0.29, 0.717) is 27.0 Å². The fourth-order valence-corrected chi connectivity index (χ4v) is 3.93. The second-order valence-corrected chi connectivity index (χ2v) is 9.01. The Bertz CT molecular complexity index is 1000. The summed E-state index contributed by atoms with van der Waals surface area (Å²) in [6.07, 6.45) is -1.64. The van der Waals surface area contributed by atoms with E-state index in [1.807, 2.05) is 6.92 Å². The molecule has 0 aliphatic heterocycles. The zero-order valence-corrected chi connectivity index (χ0v) is 20.7. The van der Waals surface area contributed by atoms with E-state index in [2.05, 4.69) is 21.2 Å². The van der Waals surface area contributed by atoms with E-state index in [1.165, 1.54) is 6.08 Å². The van der Waals surface area contributed by atoms with Gasteiger partial charge in [0.25, 0.3) is 0 Å². The molecule has 0 amide bonds. The van der Waals surface area contributed by atoms with Gasteiger partial charge in [0.2, 0.25) is 0 Å². The van der Waals surface area contributed by atoms with Crippen LogP contribution in [0.4, 0.5) is 13.2 Å². The van der Waals surface area contributed by atoms with Gasteiger partial charge in [-0.1, -0.05) is 88.1 Å². The quantitative estimate of drug-likeness (QED) is 0.205. The third-order valence-electron chi connectivity index (χ3n) is 4.26. The minimum atomic E-state index is -4.58. The van der Waals surface area contributed by atoms with E-state index >= 15 is 0 Å². The molecule has 0 aliphatic carbocycles. The van der Waals surface area contributed by atoms with E-state index < -0.39 is 12.1 Å². The topological polar surface area (TPSA) is 29.1 Å². The van der Waals surface area contributed by atoms with Crippen LogP contribution >= 0.6 is 63.0 Å². The summed E-state index contributed by atoms with van der Waals surface area (Å²) in [7, 11) is 0. The van der Waals surface area contributed by atoms with E-state index in [4.69, 9.17) is 47.0 Å². The third kappa shape index (κ3) is 7.19. The Kier molecular flexibility index (Phi) is 9.40. The number of rotatable bonds is 7. The Balaban J connectivity index is 2.28. The summed E-state index contributed by atoms with van der Waals surface area (Å²) < 4.78 is 41.4. The standard InChI is InChI=1S/C21H16BrCl3F3NOS/c1-2-19(31)29-10-18(30)13-5-3-11(7-15(13)22)4-6-14(21(26,27)28)12-8-16(23)20(25)17(24)9-12/h3-9,14H,2,10H2,1H3,(H,29,31)/b6-4+. The van der Waals surface area contributed by atoms with Gasteiger partial charge in [-0.3, -0.25) is 4.79 Å². The van der Waals surface area contributed by atoms with Gasteiger partial charge in [-0.25, -0.2) is 0 Å². The molecule has 1 atom stereocenters. The smallest absolute Gasteiger partial charge is 0.372 e. The molecular weight excluding hydrogens is 558 g/mol. The first kappa shape index (κ1) is 26.1. The average molecular weight is 574 g/mol. The highest BCUT2D eigenvalue weighted by Gasteiger charge is 2.39. The summed E-state index contributed by atoms with van der Waals surface area (Å²) in [5, 5.41) is 2.72. The van der Waals surface area contributed by atoms with Crippen LogP contribution in [0.3, 0.4) is 0 Å². The first-order valence-corrected chi connectivity index (χ1v) is 11.3. The molecule has 0 saturated carbocycles. The van der Waals surface area contributed by atoms with Crippen molar-refractivity contribution in [2.75, 3.05) is 6.54 Å². The van der Waals surface area contributed by atoms with Crippen LogP contribution in [0.25, 0.3) is 6.08 Å². The van der Waals surface area contributed by atoms with E-state index in [9.17, 15) is 18.0 Å². The Morgan fingerprint density at radius 1 is 1.19 bits per heavy atom. The van der Waals surface area contributed by atoms with Gasteiger partial charge in [-0.2, -0.15) is 13.2 Å². The van der Waals surface area contributed by atoms with Gasteiger partial charge in [0.1, 0.15) is 0 Å². The summed E-state index contributed by atoms with van der Waals surface area (Å²) in [4.78, 5) is 12.9. The largest absolute Gasteiger partial charge is 0.399 e. The van der Waals surface area contributed by atoms with Crippen molar-refractivity contribution in [2.45, 2.75) is 25.4 Å². The van der Waals surface area contributed by atoms with Crippen molar-refractivity contribution in [1.82, 2.24) is 5.32 Å². The van der Waals surface area contributed by atoms with Crippen LogP contribution in [0.2, 0.25) is 15.1 Å². The first-order chi connectivity index (χ1) is 14.4. The average Bonchev–Trinajstić information content (AvgIpc) is 2.69. The first-order valence-electron chi connectivity index (χ1n) is 8.92. The van der Waals surface area contributed by atoms with Crippen molar-refractivity contribution in [3.8, 4) is 0 Å². The lowest BCUT2D eigenvalue weighted by Crippen LogP contribution is -2.27. The maximum absolute atomic E-state index is 13.7. The Labute approximate surface area is 206 Å². The third-order valence-corrected chi connectivity index (χ3v) is 6.55. The lowest BCUT2D eigenvalue weighted by molar-refractivity contribution is -0.139. The van der Waals surface area contributed by atoms with Crippen molar-refractivity contribution in [2.24, 2.45) is 0 Å². The molecule has 0 aromatic heterocycles. The number of hydrogen-bond donors (Lipinski definition) is 1. The molecule has 2 nitrogen and oxygen atoms in total. The Morgan fingerprint density at radius 3 is 2.32 bits per heavy atom. The molecule has 2 aromatic carbocycles. The second-order valence-electron chi connectivity index (χ2n) is 6.47. The van der Waals surface area contributed by atoms with E-state index in [1.54, 1.807) is 18.2 Å². The number of hydrogen-bond acceptors (Lipinski definition) is 2. The number of nitrogens with one attached hydrogen (secondary N) is 1. The molecule has 0 heterocycles. The number of allylic oxidation sites excluding steroid dienone is 1. The summed E-state index contributed by atoms with van der Waals surface area (Å²) in [5.74, 6) is -2.14. The minimum absolute atomic E-state index is 0.00429. The van der Waals surface area contributed by atoms with Crippen molar-refractivity contribution in [1.29, 1.82) is 0 Å². The Morgan fingerprint density at radius 2 is 1.81 bits per heavy atom. The highest BCUT2D eigenvalue weighted by atomic mass is 79.9. The number of carbonyl (C=O) groups excluding carboxylic acids is 1. The number of thiocarbonyl (C=S) groups is 1. The van der Waals surface area contributed by atoms with Gasteiger partial charge in [-0.05, 0) is 41.8 Å². The molecule has 2 rings (SSSR count). The van der Waals surface area contributed by atoms with E-state index in [0.717, 1.165) is 18.2 Å². The summed E-state index contributed by atoms with van der Waals surface area (Å²) in [5.41, 5.74) is 0.736. The van der Waals surface area contributed by atoms with Crippen molar-refractivity contribution in [3.63, 3.8) is 0 Å². The predicted octanol–water partition coefficient (Wildman–Crippen LogP) is 8.28. The summed E-state index contributed by atoms with van der Waals surface area (Å²) in [6, 6.07) is 6.95. The molecule has 1 N–H and O–H groups in total. The molecular formula is C21H16BrCl3F3NOS. The fourth-order valence-electron chi connectivity index (χ4n) is 2.63. The highest BCUT2D eigenvalue weighted by molar-refractivity contribution is 9.10. The van der Waals surface area contributed by atoms with Crippen LogP contribution in [0.1, 0.15) is 40.7 Å². The maximum atomic E-state index is 13.7. The molecule has 166 valence electrons. The van der Waals surface area contributed by atoms with Gasteiger partial charge < -0.3 is 5.32 Å². The number of halogens is 7. The number of Topliss-reactive ketones (excluding diaryl/α,β-unsaturated/α-hetero) is 1. The van der Waals surface area contributed by atoms with Crippen LogP contribution in [0.15, 0.2) is 40.9 Å². The molecule has 0 saturated heterocycles. The lowest BCUT2D eigenvalue weighted by atomic mass is 9.97. The lowest BCUT2D eigenvalue weighted by Gasteiger charge is -2.18. The van der Waals surface area contributed by atoms with Crippen LogP contribution in [0, 0.1) is 0 Å². The monoisotopic (exact) mass is 571 g/mol. The number of alkyl halides is 3. The molecule has 0 spiro atoms. The van der Waals surface area contributed by atoms with Gasteiger partial charge in [0.15, 0.2) is 5.78 Å². The van der Waals surface area contributed by atoms with Crippen LogP contribution < -0.4 is 5.32 Å². The zero-order chi connectivity index (χ0) is 23.3. The number of carbonyl (C=O) groups is 1. The van der Waals surface area contributed by atoms with Crippen molar-refractivity contribution < 1.29 is 18.0 Å².